The van der Waals surface area contributed by atoms with Crippen molar-refractivity contribution >= 4 is 28.8 Å². The summed E-state index contributed by atoms with van der Waals surface area (Å²) in [5.74, 6) is -0.301. The predicted molar refractivity (Wildman–Crippen MR) is 128 cm³/mol. The quantitative estimate of drug-likeness (QED) is 0.526. The molecule has 2 aromatic carbocycles. The van der Waals surface area contributed by atoms with Crippen LogP contribution in [0.1, 0.15) is 38.5 Å². The minimum atomic E-state index is -0.414. The molecule has 4 rings (SSSR count). The van der Waals surface area contributed by atoms with E-state index in [9.17, 15) is 14.0 Å². The molecule has 8 nitrogen and oxygen atoms in total. The Kier molecular flexibility index (Phi) is 7.81. The van der Waals surface area contributed by atoms with E-state index in [2.05, 4.69) is 27.3 Å². The number of piperazine rings is 1. The highest BCUT2D eigenvalue weighted by molar-refractivity contribution is 7.13. The third-order valence-electron chi connectivity index (χ3n) is 5.40. The fourth-order valence-corrected chi connectivity index (χ4v) is 4.32. The number of nitrogens with one attached hydrogen (secondary N) is 1. The second kappa shape index (κ2) is 11.2. The van der Waals surface area contributed by atoms with Gasteiger partial charge in [-0.05, 0) is 55.4 Å². The summed E-state index contributed by atoms with van der Waals surface area (Å²) in [5.41, 5.74) is 1.05. The first-order chi connectivity index (χ1) is 16.5. The van der Waals surface area contributed by atoms with Crippen LogP contribution < -0.4 is 10.1 Å². The number of rotatable bonds is 8. The fraction of sp³-hybridized carbons (Fsp3) is 0.333. The van der Waals surface area contributed by atoms with E-state index in [0.717, 1.165) is 37.4 Å². The first-order valence-electron chi connectivity index (χ1n) is 11.2. The van der Waals surface area contributed by atoms with E-state index < -0.39 is 5.91 Å². The third-order valence-corrected chi connectivity index (χ3v) is 6.30. The molecule has 10 heteroatoms. The smallest absolute Gasteiger partial charge is 0.286 e. The first-order valence-corrected chi connectivity index (χ1v) is 12.0. The molecule has 1 aromatic heterocycles. The number of nitrogens with zero attached hydrogens (tertiary/aromatic N) is 4. The fourth-order valence-electron chi connectivity index (χ4n) is 3.67. The average Bonchev–Trinajstić information content (AvgIpc) is 3.33. The van der Waals surface area contributed by atoms with Crippen LogP contribution in [0.4, 0.5) is 10.1 Å². The number of benzene rings is 2. The summed E-state index contributed by atoms with van der Waals surface area (Å²) in [5, 5.41) is 11.4. The number of ether oxygens (including phenoxy) is 1. The molecule has 0 unspecified atom stereocenters. The summed E-state index contributed by atoms with van der Waals surface area (Å²) in [4.78, 5) is 29.8. The van der Waals surface area contributed by atoms with Gasteiger partial charge in [-0.15, -0.1) is 10.2 Å². The van der Waals surface area contributed by atoms with Crippen molar-refractivity contribution in [2.45, 2.75) is 20.0 Å². The van der Waals surface area contributed by atoms with Gasteiger partial charge in [-0.3, -0.25) is 14.5 Å². The van der Waals surface area contributed by atoms with Crippen LogP contribution in [0, 0.1) is 5.82 Å². The van der Waals surface area contributed by atoms with Crippen molar-refractivity contribution < 1.29 is 18.7 Å². The van der Waals surface area contributed by atoms with Gasteiger partial charge in [-0.25, -0.2) is 4.39 Å². The van der Waals surface area contributed by atoms with Gasteiger partial charge in [0.25, 0.3) is 11.8 Å². The molecule has 0 bridgehead atoms. The number of halogens is 1. The van der Waals surface area contributed by atoms with Crippen LogP contribution in [0.5, 0.6) is 5.75 Å². The van der Waals surface area contributed by atoms with Crippen molar-refractivity contribution in [1.29, 1.82) is 0 Å². The summed E-state index contributed by atoms with van der Waals surface area (Å²) in [6.45, 7) is 6.47. The molecule has 2 amide bonds. The van der Waals surface area contributed by atoms with Gasteiger partial charge in [-0.1, -0.05) is 24.3 Å². The summed E-state index contributed by atoms with van der Waals surface area (Å²) in [6, 6.07) is 12.6. The minimum Gasteiger partial charge on any atom is -0.486 e. The van der Waals surface area contributed by atoms with Crippen molar-refractivity contribution in [2.75, 3.05) is 38.0 Å². The van der Waals surface area contributed by atoms with Crippen LogP contribution in [0.15, 0.2) is 48.5 Å². The predicted octanol–water partition coefficient (Wildman–Crippen LogP) is 3.68. The topological polar surface area (TPSA) is 87.7 Å². The van der Waals surface area contributed by atoms with Gasteiger partial charge in [0.15, 0.2) is 5.01 Å². The number of amides is 2. The molecule has 1 saturated heterocycles. The maximum absolute atomic E-state index is 13.0. The molecule has 1 N–H and O–H groups in total. The van der Waals surface area contributed by atoms with Gasteiger partial charge in [0, 0.05) is 37.4 Å². The number of hydrogen-bond donors (Lipinski definition) is 1. The lowest BCUT2D eigenvalue weighted by Gasteiger charge is -2.34. The van der Waals surface area contributed by atoms with Crippen LogP contribution in [-0.4, -0.2) is 64.5 Å². The van der Waals surface area contributed by atoms with E-state index >= 15 is 0 Å². The maximum atomic E-state index is 13.0. The summed E-state index contributed by atoms with van der Waals surface area (Å²) in [6.07, 6.45) is 1.10. The zero-order chi connectivity index (χ0) is 23.9. The molecule has 0 aliphatic carbocycles. The van der Waals surface area contributed by atoms with Crippen LogP contribution in [0.3, 0.4) is 0 Å². The molecular formula is C24H26FN5O3S. The molecular weight excluding hydrogens is 457 g/mol. The Hall–Kier alpha value is -3.37. The van der Waals surface area contributed by atoms with Crippen molar-refractivity contribution in [3.8, 4) is 5.75 Å². The molecule has 0 spiro atoms. The van der Waals surface area contributed by atoms with Crippen molar-refractivity contribution in [1.82, 2.24) is 20.0 Å². The van der Waals surface area contributed by atoms with Gasteiger partial charge in [0.2, 0.25) is 5.01 Å². The summed E-state index contributed by atoms with van der Waals surface area (Å²) in [7, 11) is 0. The number of aromatic nitrogens is 2. The van der Waals surface area contributed by atoms with Gasteiger partial charge in [0.05, 0.1) is 0 Å². The molecule has 1 fully saturated rings. The van der Waals surface area contributed by atoms with E-state index in [-0.39, 0.29) is 23.3 Å². The highest BCUT2D eigenvalue weighted by atomic mass is 32.1. The Bertz CT molecular complexity index is 1130. The molecule has 0 atom stereocenters. The minimum absolute atomic E-state index is 0.0385. The average molecular weight is 484 g/mol. The molecule has 1 aliphatic rings. The van der Waals surface area contributed by atoms with Crippen LogP contribution in [0.25, 0.3) is 0 Å². The standard InChI is InChI=1S/C24H26FN5O3S/c1-2-10-29-11-13-30(14-12-29)24(32)17-4-3-5-19(15-17)26-22(31)23-28-27-21(34-23)16-33-20-8-6-18(25)7-9-20/h3-9,15H,2,10-14,16H2,1H3,(H,26,31). The van der Waals surface area contributed by atoms with E-state index in [1.54, 1.807) is 24.3 Å². The zero-order valence-electron chi connectivity index (χ0n) is 18.9. The number of anilines is 1. The molecule has 0 radical (unpaired) electrons. The van der Waals surface area contributed by atoms with E-state index in [0.29, 0.717) is 35.1 Å². The third kappa shape index (κ3) is 6.15. The lowest BCUT2D eigenvalue weighted by atomic mass is 10.1. The van der Waals surface area contributed by atoms with Crippen molar-refractivity contribution in [3.05, 3.63) is 69.9 Å². The Morgan fingerprint density at radius 1 is 1.09 bits per heavy atom. The SMILES string of the molecule is CCCN1CCN(C(=O)c2cccc(NC(=O)c3nnc(COc4ccc(F)cc4)s3)c2)CC1. The number of hydrogen-bond acceptors (Lipinski definition) is 7. The Balaban J connectivity index is 1.32. The summed E-state index contributed by atoms with van der Waals surface area (Å²) >= 11 is 1.11. The van der Waals surface area contributed by atoms with Gasteiger partial charge in [-0.2, -0.15) is 0 Å². The Labute approximate surface area is 201 Å². The largest absolute Gasteiger partial charge is 0.486 e. The molecule has 3 aromatic rings. The monoisotopic (exact) mass is 483 g/mol. The maximum Gasteiger partial charge on any atom is 0.286 e. The normalized spacial score (nSPS) is 14.1. The Morgan fingerprint density at radius 3 is 2.59 bits per heavy atom. The Morgan fingerprint density at radius 2 is 1.85 bits per heavy atom. The zero-order valence-corrected chi connectivity index (χ0v) is 19.7. The van der Waals surface area contributed by atoms with Gasteiger partial charge >= 0.3 is 0 Å². The van der Waals surface area contributed by atoms with Crippen LogP contribution in [0.2, 0.25) is 0 Å². The molecule has 0 saturated carbocycles. The van der Waals surface area contributed by atoms with Crippen molar-refractivity contribution in [2.24, 2.45) is 0 Å². The lowest BCUT2D eigenvalue weighted by molar-refractivity contribution is 0.0637. The lowest BCUT2D eigenvalue weighted by Crippen LogP contribution is -2.48. The highest BCUT2D eigenvalue weighted by Gasteiger charge is 2.22. The molecule has 1 aliphatic heterocycles. The molecule has 2 heterocycles. The molecule has 178 valence electrons. The number of carbonyl (C=O) groups excluding carboxylic acids is 2. The number of carbonyl (C=O) groups is 2. The van der Waals surface area contributed by atoms with Gasteiger partial charge in [0.1, 0.15) is 18.2 Å². The van der Waals surface area contributed by atoms with E-state index in [4.69, 9.17) is 4.74 Å². The van der Waals surface area contributed by atoms with Crippen molar-refractivity contribution in [3.63, 3.8) is 0 Å². The first kappa shape index (κ1) is 23.8. The second-order valence-corrected chi connectivity index (χ2v) is 8.97. The van der Waals surface area contributed by atoms with E-state index in [1.165, 1.54) is 24.3 Å². The second-order valence-electron chi connectivity index (χ2n) is 7.91. The van der Waals surface area contributed by atoms with Crippen LogP contribution >= 0.6 is 11.3 Å². The molecule has 34 heavy (non-hydrogen) atoms. The van der Waals surface area contributed by atoms with Crippen LogP contribution in [-0.2, 0) is 6.61 Å². The van der Waals surface area contributed by atoms with E-state index in [1.807, 2.05) is 4.90 Å². The summed E-state index contributed by atoms with van der Waals surface area (Å²) < 4.78 is 18.5. The highest BCUT2D eigenvalue weighted by Crippen LogP contribution is 2.19. The van der Waals surface area contributed by atoms with Gasteiger partial charge < -0.3 is 15.0 Å².